The number of nitrogens with two attached hydrogens (primary N) is 1. The van der Waals surface area contributed by atoms with Gasteiger partial charge in [0.25, 0.3) is 0 Å². The Bertz CT molecular complexity index is 695. The summed E-state index contributed by atoms with van der Waals surface area (Å²) in [5, 5.41) is 3.37. The number of anilines is 2. The monoisotopic (exact) mass is 317 g/mol. The van der Waals surface area contributed by atoms with Crippen molar-refractivity contribution < 1.29 is 0 Å². The summed E-state index contributed by atoms with van der Waals surface area (Å²) in [6, 6.07) is 0.545. The molecule has 1 fully saturated rings. The molecule has 1 atom stereocenters. The maximum atomic E-state index is 6.03. The predicted octanol–water partition coefficient (Wildman–Crippen LogP) is 2.34. The fourth-order valence-corrected chi connectivity index (χ4v) is 5.04. The van der Waals surface area contributed by atoms with Gasteiger partial charge in [-0.1, -0.05) is 6.42 Å². The smallest absolute Gasteiger partial charge is 0.222 e. The van der Waals surface area contributed by atoms with E-state index in [1.807, 2.05) is 18.4 Å². The van der Waals surface area contributed by atoms with Gasteiger partial charge < -0.3 is 16.0 Å². The summed E-state index contributed by atoms with van der Waals surface area (Å²) < 4.78 is 1.25. The number of aryl methyl sites for hydroxylation is 2. The van der Waals surface area contributed by atoms with E-state index in [1.54, 1.807) is 0 Å². The van der Waals surface area contributed by atoms with Crippen molar-refractivity contribution >= 4 is 33.3 Å². The van der Waals surface area contributed by atoms with E-state index in [9.17, 15) is 0 Å². The van der Waals surface area contributed by atoms with Crippen LogP contribution in [0.1, 0.15) is 36.1 Å². The van der Waals surface area contributed by atoms with Crippen molar-refractivity contribution in [1.82, 2.24) is 15.3 Å². The second-order valence-corrected chi connectivity index (χ2v) is 7.47. The van der Waals surface area contributed by atoms with E-state index in [1.165, 1.54) is 40.8 Å². The highest BCUT2D eigenvalue weighted by Gasteiger charge is 2.27. The Morgan fingerprint density at radius 2 is 2.09 bits per heavy atom. The molecule has 4 rings (SSSR count). The average molecular weight is 317 g/mol. The number of nitrogens with one attached hydrogen (secondary N) is 1. The van der Waals surface area contributed by atoms with Crippen LogP contribution in [-0.4, -0.2) is 36.1 Å². The largest absolute Gasteiger partial charge is 0.368 e. The van der Waals surface area contributed by atoms with Crippen LogP contribution in [0.15, 0.2) is 0 Å². The summed E-state index contributed by atoms with van der Waals surface area (Å²) in [5.74, 6) is 1.47. The zero-order valence-electron chi connectivity index (χ0n) is 13.1. The quantitative estimate of drug-likeness (QED) is 0.832. The van der Waals surface area contributed by atoms with Crippen molar-refractivity contribution in [2.24, 2.45) is 0 Å². The molecule has 0 unspecified atom stereocenters. The fraction of sp³-hybridized carbons (Fsp3) is 0.625. The first-order chi connectivity index (χ1) is 10.8. The molecule has 22 heavy (non-hydrogen) atoms. The molecule has 0 spiro atoms. The number of likely N-dealkylation sites (N-methyl/N-ethyl adjacent to an activating group) is 1. The molecule has 0 saturated carbocycles. The van der Waals surface area contributed by atoms with E-state index in [4.69, 9.17) is 5.73 Å². The van der Waals surface area contributed by atoms with Crippen molar-refractivity contribution in [2.75, 3.05) is 30.8 Å². The van der Waals surface area contributed by atoms with Gasteiger partial charge in [-0.3, -0.25) is 0 Å². The molecular formula is C16H23N5S. The number of rotatable bonds is 2. The van der Waals surface area contributed by atoms with Gasteiger partial charge in [0.15, 0.2) is 5.82 Å². The van der Waals surface area contributed by atoms with E-state index in [0.717, 1.165) is 37.3 Å². The van der Waals surface area contributed by atoms with Gasteiger partial charge in [-0.05, 0) is 44.7 Å². The molecule has 2 aromatic heterocycles. The Morgan fingerprint density at radius 3 is 2.91 bits per heavy atom. The molecule has 0 amide bonds. The summed E-state index contributed by atoms with van der Waals surface area (Å²) in [7, 11) is 2.03. The van der Waals surface area contributed by atoms with Crippen LogP contribution in [0.2, 0.25) is 0 Å². The topological polar surface area (TPSA) is 67.1 Å². The van der Waals surface area contributed by atoms with Gasteiger partial charge in [0.05, 0.1) is 10.2 Å². The van der Waals surface area contributed by atoms with Crippen molar-refractivity contribution in [2.45, 2.75) is 44.6 Å². The van der Waals surface area contributed by atoms with Crippen LogP contribution in [-0.2, 0) is 12.8 Å². The van der Waals surface area contributed by atoms with Gasteiger partial charge in [0.1, 0.15) is 0 Å². The van der Waals surface area contributed by atoms with Gasteiger partial charge in [0.2, 0.25) is 5.95 Å². The van der Waals surface area contributed by atoms with Gasteiger partial charge in [-0.15, -0.1) is 11.3 Å². The van der Waals surface area contributed by atoms with E-state index < -0.39 is 0 Å². The Hall–Kier alpha value is -1.40. The van der Waals surface area contributed by atoms with Gasteiger partial charge >= 0.3 is 0 Å². The van der Waals surface area contributed by atoms with Gasteiger partial charge in [-0.2, -0.15) is 4.98 Å². The minimum absolute atomic E-state index is 0.417. The first kappa shape index (κ1) is 14.2. The zero-order chi connectivity index (χ0) is 15.1. The lowest BCUT2D eigenvalue weighted by molar-refractivity contribution is 0.616. The van der Waals surface area contributed by atoms with E-state index in [2.05, 4.69) is 20.2 Å². The molecule has 0 bridgehead atoms. The average Bonchev–Trinajstić information content (AvgIpc) is 3.05. The highest BCUT2D eigenvalue weighted by atomic mass is 32.1. The van der Waals surface area contributed by atoms with Crippen molar-refractivity contribution in [3.8, 4) is 0 Å². The van der Waals surface area contributed by atoms with Crippen molar-refractivity contribution in [3.05, 3.63) is 10.4 Å². The summed E-state index contributed by atoms with van der Waals surface area (Å²) in [4.78, 5) is 13.1. The van der Waals surface area contributed by atoms with Crippen LogP contribution in [0.5, 0.6) is 0 Å². The van der Waals surface area contributed by atoms with E-state index in [-0.39, 0.29) is 0 Å². The highest BCUT2D eigenvalue weighted by Crippen LogP contribution is 2.39. The van der Waals surface area contributed by atoms with Crippen LogP contribution >= 0.6 is 11.3 Å². The first-order valence-corrected chi connectivity index (χ1v) is 9.08. The Balaban J connectivity index is 1.81. The predicted molar refractivity (Wildman–Crippen MR) is 92.8 cm³/mol. The number of fused-ring (bicyclic) bond motifs is 3. The molecule has 1 aliphatic heterocycles. The Morgan fingerprint density at radius 1 is 1.23 bits per heavy atom. The SMILES string of the molecule is CN[C@@H]1CCN(c2nc(N)nc3c4c(sc23)CCCCC4)C1. The maximum Gasteiger partial charge on any atom is 0.222 e. The fourth-order valence-electron chi connectivity index (χ4n) is 3.70. The lowest BCUT2D eigenvalue weighted by atomic mass is 10.1. The molecule has 118 valence electrons. The highest BCUT2D eigenvalue weighted by molar-refractivity contribution is 7.19. The van der Waals surface area contributed by atoms with E-state index >= 15 is 0 Å². The normalized spacial score (nSPS) is 22.0. The third-order valence-electron chi connectivity index (χ3n) is 4.94. The van der Waals surface area contributed by atoms with Gasteiger partial charge in [0, 0.05) is 24.0 Å². The second kappa shape index (κ2) is 5.66. The molecule has 0 radical (unpaired) electrons. The molecule has 1 aliphatic carbocycles. The molecule has 5 nitrogen and oxygen atoms in total. The van der Waals surface area contributed by atoms with Gasteiger partial charge in [-0.25, -0.2) is 4.98 Å². The zero-order valence-corrected chi connectivity index (χ0v) is 13.9. The van der Waals surface area contributed by atoms with Crippen LogP contribution in [0.3, 0.4) is 0 Å². The molecule has 1 saturated heterocycles. The minimum Gasteiger partial charge on any atom is -0.368 e. The number of hydrogen-bond acceptors (Lipinski definition) is 6. The molecule has 6 heteroatoms. The lowest BCUT2D eigenvalue weighted by Gasteiger charge is -2.18. The molecular weight excluding hydrogens is 294 g/mol. The summed E-state index contributed by atoms with van der Waals surface area (Å²) in [6.45, 7) is 2.05. The van der Waals surface area contributed by atoms with Crippen LogP contribution in [0.25, 0.3) is 10.2 Å². The third kappa shape index (κ3) is 2.34. The molecule has 3 heterocycles. The van der Waals surface area contributed by atoms with Crippen LogP contribution in [0, 0.1) is 0 Å². The number of nitrogen functional groups attached to an aromatic ring is 1. The number of hydrogen-bond donors (Lipinski definition) is 2. The number of thiophene rings is 1. The first-order valence-electron chi connectivity index (χ1n) is 8.26. The summed E-state index contributed by atoms with van der Waals surface area (Å²) in [6.07, 6.45) is 7.38. The summed E-state index contributed by atoms with van der Waals surface area (Å²) >= 11 is 1.90. The minimum atomic E-state index is 0.417. The Labute approximate surface area is 134 Å². The third-order valence-corrected chi connectivity index (χ3v) is 6.22. The molecule has 2 aliphatic rings. The maximum absolute atomic E-state index is 6.03. The van der Waals surface area contributed by atoms with Crippen molar-refractivity contribution in [1.29, 1.82) is 0 Å². The molecule has 2 aromatic rings. The summed E-state index contributed by atoms with van der Waals surface area (Å²) in [5.41, 5.74) is 8.60. The number of aromatic nitrogens is 2. The van der Waals surface area contributed by atoms with E-state index in [0.29, 0.717) is 12.0 Å². The lowest BCUT2D eigenvalue weighted by Crippen LogP contribution is -2.30. The molecule has 0 aromatic carbocycles. The number of nitrogens with zero attached hydrogens (tertiary/aromatic N) is 3. The Kier molecular flexibility index (Phi) is 3.66. The van der Waals surface area contributed by atoms with Crippen molar-refractivity contribution in [3.63, 3.8) is 0 Å². The second-order valence-electron chi connectivity index (χ2n) is 6.37. The van der Waals surface area contributed by atoms with Crippen LogP contribution in [0.4, 0.5) is 11.8 Å². The van der Waals surface area contributed by atoms with Crippen LogP contribution < -0.4 is 16.0 Å². The molecule has 3 N–H and O–H groups in total. The standard InChI is InChI=1S/C16H23N5S/c1-18-10-7-8-21(9-10)15-14-13(19-16(17)20-15)11-5-3-2-4-6-12(11)22-14/h10,18H,2-9H2,1H3,(H2,17,19,20)/t10-/m1/s1.